The third-order valence-electron chi connectivity index (χ3n) is 2.24. The average molecular weight is 243 g/mol. The Balaban J connectivity index is 2.68. The van der Waals surface area contributed by atoms with Crippen molar-refractivity contribution < 1.29 is 0 Å². The van der Waals surface area contributed by atoms with Crippen LogP contribution in [0.3, 0.4) is 0 Å². The molecule has 0 radical (unpaired) electrons. The third kappa shape index (κ3) is 3.43. The van der Waals surface area contributed by atoms with Crippen LogP contribution in [0, 0.1) is 12.8 Å². The number of aromatic nitrogens is 1. The Bertz CT molecular complexity index is 335. The lowest BCUT2D eigenvalue weighted by Crippen LogP contribution is -2.33. The quantitative estimate of drug-likeness (QED) is 0.805. The zero-order valence-corrected chi connectivity index (χ0v) is 11.0. The Labute approximate surface area is 100 Å². The van der Waals surface area contributed by atoms with Crippen molar-refractivity contribution in [3.63, 3.8) is 0 Å². The van der Waals surface area contributed by atoms with Crippen LogP contribution in [0.15, 0.2) is 5.38 Å². The first-order valence-electron chi connectivity index (χ1n) is 5.01. The Hall–Kier alpha value is -0.680. The first-order valence-corrected chi connectivity index (χ1v) is 6.29. The second kappa shape index (κ2) is 5.42. The maximum Gasteiger partial charge on any atom is 0.185 e. The van der Waals surface area contributed by atoms with E-state index in [1.54, 1.807) is 11.3 Å². The van der Waals surface area contributed by atoms with Crippen LogP contribution in [0.1, 0.15) is 19.5 Å². The standard InChI is InChI=1S/C10H17N3S2/c1-4-13(5-7(2)9(11)14)10-12-8(3)6-15-10/h6-7H,4-5H2,1-3H3,(H2,11,14). The number of rotatable bonds is 5. The number of nitrogens with two attached hydrogens (primary N) is 1. The minimum atomic E-state index is 0.226. The number of thiocarbonyl (C=S) groups is 1. The molecule has 5 heteroatoms. The molecule has 15 heavy (non-hydrogen) atoms. The van der Waals surface area contributed by atoms with Gasteiger partial charge in [-0.15, -0.1) is 11.3 Å². The van der Waals surface area contributed by atoms with Gasteiger partial charge in [0.25, 0.3) is 0 Å². The van der Waals surface area contributed by atoms with Crippen LogP contribution in [0.4, 0.5) is 5.13 Å². The molecule has 0 spiro atoms. The highest BCUT2D eigenvalue weighted by molar-refractivity contribution is 7.80. The normalized spacial score (nSPS) is 12.5. The average Bonchev–Trinajstić information content (AvgIpc) is 2.60. The fraction of sp³-hybridized carbons (Fsp3) is 0.600. The van der Waals surface area contributed by atoms with E-state index in [1.165, 1.54) is 0 Å². The molecule has 1 atom stereocenters. The summed E-state index contributed by atoms with van der Waals surface area (Å²) >= 11 is 6.64. The molecule has 0 saturated heterocycles. The summed E-state index contributed by atoms with van der Waals surface area (Å²) in [6.07, 6.45) is 0. The molecule has 0 bridgehead atoms. The molecular weight excluding hydrogens is 226 g/mol. The van der Waals surface area contributed by atoms with E-state index in [4.69, 9.17) is 18.0 Å². The molecule has 0 amide bonds. The van der Waals surface area contributed by atoms with Gasteiger partial charge in [0.15, 0.2) is 5.13 Å². The first-order chi connectivity index (χ1) is 7.04. The van der Waals surface area contributed by atoms with Crippen LogP contribution >= 0.6 is 23.6 Å². The second-order valence-electron chi connectivity index (χ2n) is 3.61. The summed E-state index contributed by atoms with van der Waals surface area (Å²) < 4.78 is 0. The van der Waals surface area contributed by atoms with Crippen molar-refractivity contribution in [3.8, 4) is 0 Å². The summed E-state index contributed by atoms with van der Waals surface area (Å²) in [5.41, 5.74) is 6.68. The minimum absolute atomic E-state index is 0.226. The summed E-state index contributed by atoms with van der Waals surface area (Å²) in [4.78, 5) is 7.24. The molecule has 1 aromatic heterocycles. The highest BCUT2D eigenvalue weighted by Crippen LogP contribution is 2.20. The smallest absolute Gasteiger partial charge is 0.185 e. The topological polar surface area (TPSA) is 42.1 Å². The van der Waals surface area contributed by atoms with Gasteiger partial charge in [-0.2, -0.15) is 0 Å². The molecule has 0 aliphatic heterocycles. The SMILES string of the molecule is CCN(CC(C)C(N)=S)c1nc(C)cs1. The van der Waals surface area contributed by atoms with E-state index < -0.39 is 0 Å². The highest BCUT2D eigenvalue weighted by Gasteiger charge is 2.13. The summed E-state index contributed by atoms with van der Waals surface area (Å²) in [7, 11) is 0. The van der Waals surface area contributed by atoms with Crippen LogP contribution < -0.4 is 10.6 Å². The molecule has 0 aliphatic rings. The number of aryl methyl sites for hydroxylation is 1. The molecule has 3 nitrogen and oxygen atoms in total. The van der Waals surface area contributed by atoms with E-state index in [-0.39, 0.29) is 5.92 Å². The molecule has 0 fully saturated rings. The van der Waals surface area contributed by atoms with Gasteiger partial charge < -0.3 is 10.6 Å². The van der Waals surface area contributed by atoms with Gasteiger partial charge in [-0.1, -0.05) is 19.1 Å². The molecule has 0 aliphatic carbocycles. The van der Waals surface area contributed by atoms with E-state index in [9.17, 15) is 0 Å². The van der Waals surface area contributed by atoms with Crippen LogP contribution in [0.25, 0.3) is 0 Å². The Morgan fingerprint density at radius 2 is 2.40 bits per heavy atom. The van der Waals surface area contributed by atoms with E-state index >= 15 is 0 Å². The fourth-order valence-corrected chi connectivity index (χ4v) is 2.20. The van der Waals surface area contributed by atoms with Crippen LogP contribution in [0.5, 0.6) is 0 Å². The van der Waals surface area contributed by atoms with Gasteiger partial charge >= 0.3 is 0 Å². The summed E-state index contributed by atoms with van der Waals surface area (Å²) in [5.74, 6) is 0.226. The maximum absolute atomic E-state index is 5.61. The molecule has 0 aromatic carbocycles. The number of thiazole rings is 1. The first kappa shape index (κ1) is 12.4. The summed E-state index contributed by atoms with van der Waals surface area (Å²) in [5, 5.41) is 3.11. The predicted octanol–water partition coefficient (Wildman–Crippen LogP) is 2.20. The van der Waals surface area contributed by atoms with Crippen molar-refractivity contribution in [3.05, 3.63) is 11.1 Å². The van der Waals surface area contributed by atoms with Gasteiger partial charge in [-0.05, 0) is 13.8 Å². The maximum atomic E-state index is 5.61. The van der Waals surface area contributed by atoms with Crippen LogP contribution in [-0.2, 0) is 0 Å². The van der Waals surface area contributed by atoms with Crippen molar-refractivity contribution in [2.24, 2.45) is 11.7 Å². The summed E-state index contributed by atoms with van der Waals surface area (Å²) in [6.45, 7) is 7.94. The third-order valence-corrected chi connectivity index (χ3v) is 3.66. The molecular formula is C10H17N3S2. The van der Waals surface area contributed by atoms with E-state index in [0.29, 0.717) is 4.99 Å². The lowest BCUT2D eigenvalue weighted by Gasteiger charge is -2.23. The molecule has 2 N–H and O–H groups in total. The van der Waals surface area contributed by atoms with Crippen LogP contribution in [-0.4, -0.2) is 23.1 Å². The van der Waals surface area contributed by atoms with E-state index in [2.05, 4.69) is 22.2 Å². The second-order valence-corrected chi connectivity index (χ2v) is 4.92. The highest BCUT2D eigenvalue weighted by atomic mass is 32.1. The van der Waals surface area contributed by atoms with Gasteiger partial charge in [0.05, 0.1) is 10.7 Å². The van der Waals surface area contributed by atoms with E-state index in [1.807, 2.05) is 13.8 Å². The Kier molecular flexibility index (Phi) is 4.47. The molecule has 1 heterocycles. The lowest BCUT2D eigenvalue weighted by atomic mass is 10.2. The Morgan fingerprint density at radius 3 is 2.80 bits per heavy atom. The zero-order valence-electron chi connectivity index (χ0n) is 9.36. The van der Waals surface area contributed by atoms with Crippen molar-refractivity contribution in [2.45, 2.75) is 20.8 Å². The summed E-state index contributed by atoms with van der Waals surface area (Å²) in [6, 6.07) is 0. The van der Waals surface area contributed by atoms with Gasteiger partial charge in [-0.3, -0.25) is 0 Å². The molecule has 0 saturated carbocycles. The lowest BCUT2D eigenvalue weighted by molar-refractivity contribution is 0.705. The monoisotopic (exact) mass is 243 g/mol. The van der Waals surface area contributed by atoms with Gasteiger partial charge in [-0.25, -0.2) is 4.98 Å². The Morgan fingerprint density at radius 1 is 1.73 bits per heavy atom. The largest absolute Gasteiger partial charge is 0.393 e. The van der Waals surface area contributed by atoms with E-state index in [0.717, 1.165) is 23.9 Å². The molecule has 84 valence electrons. The minimum Gasteiger partial charge on any atom is -0.393 e. The number of hydrogen-bond donors (Lipinski definition) is 1. The number of hydrogen-bond acceptors (Lipinski definition) is 4. The van der Waals surface area contributed by atoms with Crippen LogP contribution in [0.2, 0.25) is 0 Å². The number of anilines is 1. The van der Waals surface area contributed by atoms with Gasteiger partial charge in [0.1, 0.15) is 0 Å². The molecule has 1 rings (SSSR count). The van der Waals surface area contributed by atoms with Crippen molar-refractivity contribution in [2.75, 3.05) is 18.0 Å². The zero-order chi connectivity index (χ0) is 11.4. The van der Waals surface area contributed by atoms with Crippen molar-refractivity contribution in [1.29, 1.82) is 0 Å². The van der Waals surface area contributed by atoms with Crippen molar-refractivity contribution >= 4 is 33.7 Å². The van der Waals surface area contributed by atoms with Gasteiger partial charge in [0, 0.05) is 24.4 Å². The number of nitrogens with zero attached hydrogens (tertiary/aromatic N) is 2. The predicted molar refractivity (Wildman–Crippen MR) is 70.7 cm³/mol. The fourth-order valence-electron chi connectivity index (χ4n) is 1.25. The van der Waals surface area contributed by atoms with Gasteiger partial charge in [0.2, 0.25) is 0 Å². The molecule has 1 unspecified atom stereocenters. The van der Waals surface area contributed by atoms with Crippen molar-refractivity contribution in [1.82, 2.24) is 4.98 Å². The molecule has 1 aromatic rings.